The molecule has 0 bridgehead atoms. The van der Waals surface area contributed by atoms with Gasteiger partial charge in [-0.15, -0.1) is 0 Å². The second-order valence-corrected chi connectivity index (χ2v) is 5.41. The summed E-state index contributed by atoms with van der Waals surface area (Å²) < 4.78 is 5.36. The third-order valence-corrected chi connectivity index (χ3v) is 3.05. The van der Waals surface area contributed by atoms with Gasteiger partial charge in [0, 0.05) is 18.0 Å². The SMILES string of the molecule is CC(C)(C)c1cnoc1CC1CCCN1. The lowest BCUT2D eigenvalue weighted by atomic mass is 9.86. The van der Waals surface area contributed by atoms with Gasteiger partial charge in [-0.25, -0.2) is 0 Å². The van der Waals surface area contributed by atoms with Crippen LogP contribution in [0.25, 0.3) is 0 Å². The van der Waals surface area contributed by atoms with Crippen molar-refractivity contribution in [3.63, 3.8) is 0 Å². The van der Waals surface area contributed by atoms with Crippen LogP contribution >= 0.6 is 0 Å². The molecule has 0 radical (unpaired) electrons. The van der Waals surface area contributed by atoms with Crippen molar-refractivity contribution >= 4 is 0 Å². The molecule has 1 aromatic heterocycles. The monoisotopic (exact) mass is 208 g/mol. The first-order valence-corrected chi connectivity index (χ1v) is 5.75. The lowest BCUT2D eigenvalue weighted by molar-refractivity contribution is 0.364. The molecule has 1 N–H and O–H groups in total. The molecular weight excluding hydrogens is 188 g/mol. The molecular formula is C12H20N2O. The van der Waals surface area contributed by atoms with E-state index in [1.807, 2.05) is 6.20 Å². The van der Waals surface area contributed by atoms with Gasteiger partial charge in [0.15, 0.2) is 0 Å². The predicted octanol–water partition coefficient (Wildman–Crippen LogP) is 2.27. The maximum absolute atomic E-state index is 5.36. The first-order valence-electron chi connectivity index (χ1n) is 5.75. The lowest BCUT2D eigenvalue weighted by Crippen LogP contribution is -2.25. The van der Waals surface area contributed by atoms with E-state index in [0.717, 1.165) is 18.7 Å². The summed E-state index contributed by atoms with van der Waals surface area (Å²) >= 11 is 0. The lowest BCUT2D eigenvalue weighted by Gasteiger charge is -2.18. The van der Waals surface area contributed by atoms with Crippen molar-refractivity contribution < 1.29 is 4.52 Å². The Bertz CT molecular complexity index is 319. The molecule has 3 heteroatoms. The van der Waals surface area contributed by atoms with Gasteiger partial charge in [-0.05, 0) is 24.8 Å². The highest BCUT2D eigenvalue weighted by Crippen LogP contribution is 2.27. The van der Waals surface area contributed by atoms with Crippen LogP contribution in [0.15, 0.2) is 10.7 Å². The number of nitrogens with zero attached hydrogens (tertiary/aromatic N) is 1. The molecule has 1 aromatic rings. The van der Waals surface area contributed by atoms with Crippen LogP contribution in [0, 0.1) is 0 Å². The molecule has 15 heavy (non-hydrogen) atoms. The minimum atomic E-state index is 0.133. The van der Waals surface area contributed by atoms with Gasteiger partial charge in [-0.1, -0.05) is 25.9 Å². The largest absolute Gasteiger partial charge is 0.361 e. The van der Waals surface area contributed by atoms with Gasteiger partial charge in [0.25, 0.3) is 0 Å². The number of nitrogens with one attached hydrogen (secondary N) is 1. The summed E-state index contributed by atoms with van der Waals surface area (Å²) in [6.07, 6.45) is 5.38. The van der Waals surface area contributed by atoms with Crippen LogP contribution < -0.4 is 5.32 Å². The van der Waals surface area contributed by atoms with E-state index in [4.69, 9.17) is 4.52 Å². The molecule has 1 fully saturated rings. The molecule has 1 saturated heterocycles. The third kappa shape index (κ3) is 2.40. The van der Waals surface area contributed by atoms with Crippen molar-refractivity contribution in [2.75, 3.05) is 6.54 Å². The first kappa shape index (κ1) is 10.7. The Morgan fingerprint density at radius 3 is 2.93 bits per heavy atom. The van der Waals surface area contributed by atoms with Crippen molar-refractivity contribution in [3.8, 4) is 0 Å². The Balaban J connectivity index is 2.11. The van der Waals surface area contributed by atoms with Crippen molar-refractivity contribution in [2.24, 2.45) is 0 Å². The van der Waals surface area contributed by atoms with Crippen LogP contribution in [-0.2, 0) is 11.8 Å². The van der Waals surface area contributed by atoms with Gasteiger partial charge in [-0.2, -0.15) is 0 Å². The van der Waals surface area contributed by atoms with Crippen molar-refractivity contribution in [1.29, 1.82) is 0 Å². The Morgan fingerprint density at radius 1 is 1.53 bits per heavy atom. The van der Waals surface area contributed by atoms with Crippen LogP contribution in [0.3, 0.4) is 0 Å². The van der Waals surface area contributed by atoms with Crippen molar-refractivity contribution in [1.82, 2.24) is 10.5 Å². The molecule has 0 spiro atoms. The average Bonchev–Trinajstić information content (AvgIpc) is 2.73. The fourth-order valence-corrected chi connectivity index (χ4v) is 2.18. The van der Waals surface area contributed by atoms with Crippen LogP contribution in [0.1, 0.15) is 44.9 Å². The van der Waals surface area contributed by atoms with Crippen molar-refractivity contribution in [3.05, 3.63) is 17.5 Å². The molecule has 0 aromatic carbocycles. The summed E-state index contributed by atoms with van der Waals surface area (Å²) in [7, 11) is 0. The number of hydrogen-bond acceptors (Lipinski definition) is 3. The highest BCUT2D eigenvalue weighted by molar-refractivity contribution is 5.23. The van der Waals surface area contributed by atoms with Gasteiger partial charge in [-0.3, -0.25) is 0 Å². The maximum atomic E-state index is 5.36. The van der Waals surface area contributed by atoms with E-state index in [0.29, 0.717) is 6.04 Å². The van der Waals surface area contributed by atoms with Crippen molar-refractivity contribution in [2.45, 2.75) is 51.5 Å². The average molecular weight is 208 g/mol. The zero-order valence-electron chi connectivity index (χ0n) is 9.84. The van der Waals surface area contributed by atoms with Gasteiger partial charge in [0.2, 0.25) is 0 Å². The van der Waals surface area contributed by atoms with Crippen LogP contribution in [0.5, 0.6) is 0 Å². The topological polar surface area (TPSA) is 38.1 Å². The van der Waals surface area contributed by atoms with Crippen LogP contribution in [0.4, 0.5) is 0 Å². The molecule has 0 aliphatic carbocycles. The molecule has 84 valence electrons. The number of rotatable bonds is 2. The Morgan fingerprint density at radius 2 is 2.33 bits per heavy atom. The van der Waals surface area contributed by atoms with Gasteiger partial charge < -0.3 is 9.84 Å². The fourth-order valence-electron chi connectivity index (χ4n) is 2.18. The molecule has 1 atom stereocenters. The summed E-state index contributed by atoms with van der Waals surface area (Å²) in [4.78, 5) is 0. The van der Waals surface area contributed by atoms with E-state index in [2.05, 4.69) is 31.2 Å². The van der Waals surface area contributed by atoms with E-state index in [-0.39, 0.29) is 5.41 Å². The van der Waals surface area contributed by atoms with Gasteiger partial charge in [0.05, 0.1) is 6.20 Å². The molecule has 0 saturated carbocycles. The quantitative estimate of drug-likeness (QED) is 0.810. The summed E-state index contributed by atoms with van der Waals surface area (Å²) in [5.41, 5.74) is 1.38. The fraction of sp³-hybridized carbons (Fsp3) is 0.750. The van der Waals surface area contributed by atoms with E-state index in [9.17, 15) is 0 Å². The van der Waals surface area contributed by atoms with Gasteiger partial charge in [0.1, 0.15) is 5.76 Å². The van der Waals surface area contributed by atoms with Crippen LogP contribution in [-0.4, -0.2) is 17.7 Å². The summed E-state index contributed by atoms with van der Waals surface area (Å²) in [5.74, 6) is 1.06. The predicted molar refractivity (Wildman–Crippen MR) is 59.9 cm³/mol. The summed E-state index contributed by atoms with van der Waals surface area (Å²) in [6.45, 7) is 7.74. The van der Waals surface area contributed by atoms with Crippen LogP contribution in [0.2, 0.25) is 0 Å². The normalized spacial score (nSPS) is 22.2. The zero-order valence-corrected chi connectivity index (χ0v) is 9.84. The van der Waals surface area contributed by atoms with E-state index in [1.165, 1.54) is 18.4 Å². The molecule has 2 heterocycles. The van der Waals surface area contributed by atoms with E-state index in [1.54, 1.807) is 0 Å². The highest BCUT2D eigenvalue weighted by Gasteiger charge is 2.24. The number of hydrogen-bond donors (Lipinski definition) is 1. The molecule has 2 rings (SSSR count). The second-order valence-electron chi connectivity index (χ2n) is 5.41. The maximum Gasteiger partial charge on any atom is 0.141 e. The standard InChI is InChI=1S/C12H20N2O/c1-12(2,3)10-8-14-15-11(10)7-9-5-4-6-13-9/h8-9,13H,4-7H2,1-3H3. The zero-order chi connectivity index (χ0) is 10.9. The smallest absolute Gasteiger partial charge is 0.141 e. The minimum absolute atomic E-state index is 0.133. The molecule has 1 aliphatic heterocycles. The molecule has 0 amide bonds. The number of aromatic nitrogens is 1. The highest BCUT2D eigenvalue weighted by atomic mass is 16.5. The summed E-state index contributed by atoms with van der Waals surface area (Å²) in [5, 5.41) is 7.41. The van der Waals surface area contributed by atoms with E-state index < -0.39 is 0 Å². The Labute approximate surface area is 91.2 Å². The molecule has 3 nitrogen and oxygen atoms in total. The molecule has 1 aliphatic rings. The van der Waals surface area contributed by atoms with Gasteiger partial charge >= 0.3 is 0 Å². The second kappa shape index (κ2) is 3.97. The molecule has 1 unspecified atom stereocenters. The Kier molecular flexibility index (Phi) is 2.83. The van der Waals surface area contributed by atoms with E-state index >= 15 is 0 Å². The summed E-state index contributed by atoms with van der Waals surface area (Å²) in [6, 6.07) is 0.582. The third-order valence-electron chi connectivity index (χ3n) is 3.05. The first-order chi connectivity index (χ1) is 7.07. The Hall–Kier alpha value is -0.830. The minimum Gasteiger partial charge on any atom is -0.361 e.